The van der Waals surface area contributed by atoms with E-state index in [0.29, 0.717) is 12.5 Å². The third-order valence-electron chi connectivity index (χ3n) is 4.90. The lowest BCUT2D eigenvalue weighted by atomic mass is 9.81. The van der Waals surface area contributed by atoms with E-state index < -0.39 is 5.91 Å². The summed E-state index contributed by atoms with van der Waals surface area (Å²) >= 11 is 0. The fraction of sp³-hybridized carbons (Fsp3) is 0.867. The third-order valence-corrected chi connectivity index (χ3v) is 4.90. The monoisotopic (exact) mass is 281 g/mol. The van der Waals surface area contributed by atoms with Gasteiger partial charge in [0.2, 0.25) is 11.8 Å². The maximum Gasteiger partial charge on any atom is 0.237 e. The van der Waals surface area contributed by atoms with Gasteiger partial charge in [-0.3, -0.25) is 9.59 Å². The minimum Gasteiger partial charge on any atom is -0.368 e. The van der Waals surface area contributed by atoms with Crippen molar-refractivity contribution in [2.75, 3.05) is 13.1 Å². The van der Waals surface area contributed by atoms with E-state index in [1.165, 1.54) is 0 Å². The zero-order valence-electron chi connectivity index (χ0n) is 12.2. The summed E-state index contributed by atoms with van der Waals surface area (Å²) < 4.78 is 0. The highest BCUT2D eigenvalue weighted by Gasteiger charge is 2.34. The van der Waals surface area contributed by atoms with Gasteiger partial charge in [-0.25, -0.2) is 0 Å². The number of nitrogens with zero attached hydrogens (tertiary/aromatic N) is 1. The van der Waals surface area contributed by atoms with Crippen LogP contribution < -0.4 is 11.5 Å². The predicted octanol–water partition coefficient (Wildman–Crippen LogP) is 1.01. The van der Waals surface area contributed by atoms with Crippen molar-refractivity contribution in [1.82, 2.24) is 4.90 Å². The Labute approximate surface area is 121 Å². The first-order valence-electron chi connectivity index (χ1n) is 7.90. The van der Waals surface area contributed by atoms with Crippen LogP contribution in [0.15, 0.2) is 0 Å². The molecule has 0 heterocycles. The molecule has 0 aliphatic heterocycles. The molecular weight excluding hydrogens is 254 g/mol. The van der Waals surface area contributed by atoms with E-state index >= 15 is 0 Å². The molecule has 0 unspecified atom stereocenters. The zero-order valence-corrected chi connectivity index (χ0v) is 12.2. The smallest absolute Gasteiger partial charge is 0.237 e. The molecule has 0 aromatic heterocycles. The van der Waals surface area contributed by atoms with Crippen molar-refractivity contribution in [2.45, 2.75) is 57.4 Å². The molecule has 2 rings (SSSR count). The molecule has 0 aromatic rings. The van der Waals surface area contributed by atoms with Crippen LogP contribution in [-0.2, 0) is 9.59 Å². The topological polar surface area (TPSA) is 89.4 Å². The van der Waals surface area contributed by atoms with Gasteiger partial charge in [-0.2, -0.15) is 0 Å². The molecule has 2 fully saturated rings. The van der Waals surface area contributed by atoms with E-state index in [-0.39, 0.29) is 24.4 Å². The van der Waals surface area contributed by atoms with Crippen LogP contribution >= 0.6 is 0 Å². The highest BCUT2D eigenvalue weighted by molar-refractivity contribution is 5.85. The number of rotatable bonds is 5. The Bertz CT molecular complexity index is 345. The molecular formula is C15H27N3O2. The standard InChI is InChI=1S/C15H27N3O2/c16-9-11-5-7-12(8-6-11)15(20)18(10-14(17)19)13-3-1-2-4-13/h11-13H,1-10,16H2,(H2,17,19). The Hall–Kier alpha value is -1.10. The van der Waals surface area contributed by atoms with Gasteiger partial charge >= 0.3 is 0 Å². The molecule has 5 nitrogen and oxygen atoms in total. The lowest BCUT2D eigenvalue weighted by molar-refractivity contribution is -0.142. The fourth-order valence-electron chi connectivity index (χ4n) is 3.65. The van der Waals surface area contributed by atoms with Crippen molar-refractivity contribution < 1.29 is 9.59 Å². The Balaban J connectivity index is 1.97. The van der Waals surface area contributed by atoms with Gasteiger partial charge in [0.1, 0.15) is 0 Å². The second kappa shape index (κ2) is 7.07. The van der Waals surface area contributed by atoms with Crippen molar-refractivity contribution in [3.05, 3.63) is 0 Å². The van der Waals surface area contributed by atoms with Crippen LogP contribution in [0.4, 0.5) is 0 Å². The summed E-state index contributed by atoms with van der Waals surface area (Å²) in [5, 5.41) is 0. The van der Waals surface area contributed by atoms with Crippen LogP contribution in [0.25, 0.3) is 0 Å². The Morgan fingerprint density at radius 3 is 2.10 bits per heavy atom. The molecule has 0 saturated heterocycles. The number of hydrogen-bond acceptors (Lipinski definition) is 3. The van der Waals surface area contributed by atoms with Gasteiger partial charge < -0.3 is 16.4 Å². The quantitative estimate of drug-likeness (QED) is 0.788. The average Bonchev–Trinajstić information content (AvgIpc) is 2.98. The largest absolute Gasteiger partial charge is 0.368 e. The van der Waals surface area contributed by atoms with Gasteiger partial charge in [0.25, 0.3) is 0 Å². The van der Waals surface area contributed by atoms with Crippen molar-refractivity contribution in [3.63, 3.8) is 0 Å². The molecule has 114 valence electrons. The summed E-state index contributed by atoms with van der Waals surface area (Å²) in [5.41, 5.74) is 11.0. The second-order valence-electron chi connectivity index (χ2n) is 6.32. The highest BCUT2D eigenvalue weighted by atomic mass is 16.2. The number of amides is 2. The Morgan fingerprint density at radius 1 is 1.00 bits per heavy atom. The first kappa shape index (κ1) is 15.3. The van der Waals surface area contributed by atoms with E-state index in [1.807, 2.05) is 0 Å². The van der Waals surface area contributed by atoms with Crippen molar-refractivity contribution >= 4 is 11.8 Å². The van der Waals surface area contributed by atoms with Crippen LogP contribution in [0.1, 0.15) is 51.4 Å². The van der Waals surface area contributed by atoms with Gasteiger partial charge in [0, 0.05) is 12.0 Å². The van der Waals surface area contributed by atoms with Gasteiger partial charge in [0.05, 0.1) is 6.54 Å². The van der Waals surface area contributed by atoms with Crippen molar-refractivity contribution in [1.29, 1.82) is 0 Å². The normalized spacial score (nSPS) is 27.4. The maximum absolute atomic E-state index is 12.7. The first-order valence-corrected chi connectivity index (χ1v) is 7.90. The minimum atomic E-state index is -0.402. The van der Waals surface area contributed by atoms with E-state index in [0.717, 1.165) is 51.4 Å². The fourth-order valence-corrected chi connectivity index (χ4v) is 3.65. The molecule has 2 amide bonds. The third kappa shape index (κ3) is 3.72. The predicted molar refractivity (Wildman–Crippen MR) is 77.7 cm³/mol. The minimum absolute atomic E-state index is 0.0674. The SMILES string of the molecule is NCC1CCC(C(=O)N(CC(N)=O)C2CCCC2)CC1. The lowest BCUT2D eigenvalue weighted by Gasteiger charge is -2.34. The van der Waals surface area contributed by atoms with Crippen LogP contribution in [-0.4, -0.2) is 35.8 Å². The summed E-state index contributed by atoms with van der Waals surface area (Å²) in [7, 11) is 0. The number of carbonyl (C=O) groups is 2. The van der Waals surface area contributed by atoms with E-state index in [9.17, 15) is 9.59 Å². The number of hydrogen-bond donors (Lipinski definition) is 2. The van der Waals surface area contributed by atoms with Gasteiger partial charge in [0.15, 0.2) is 0 Å². The average molecular weight is 281 g/mol. The summed E-state index contributed by atoms with van der Waals surface area (Å²) in [6, 6.07) is 0.224. The molecule has 0 radical (unpaired) electrons. The Kier molecular flexibility index (Phi) is 5.40. The Morgan fingerprint density at radius 2 is 1.60 bits per heavy atom. The molecule has 2 saturated carbocycles. The molecule has 0 bridgehead atoms. The molecule has 0 atom stereocenters. The van der Waals surface area contributed by atoms with Crippen molar-refractivity contribution in [2.24, 2.45) is 23.3 Å². The number of nitrogens with two attached hydrogens (primary N) is 2. The highest BCUT2D eigenvalue weighted by Crippen LogP contribution is 2.32. The van der Waals surface area contributed by atoms with Crippen LogP contribution in [0.3, 0.4) is 0 Å². The molecule has 0 spiro atoms. The number of carbonyl (C=O) groups excluding carboxylic acids is 2. The molecule has 2 aliphatic rings. The van der Waals surface area contributed by atoms with E-state index in [4.69, 9.17) is 11.5 Å². The van der Waals surface area contributed by atoms with Crippen LogP contribution in [0.2, 0.25) is 0 Å². The van der Waals surface area contributed by atoms with Crippen LogP contribution in [0, 0.1) is 11.8 Å². The lowest BCUT2D eigenvalue weighted by Crippen LogP contribution is -2.47. The molecule has 5 heteroatoms. The van der Waals surface area contributed by atoms with Crippen molar-refractivity contribution in [3.8, 4) is 0 Å². The molecule has 0 aromatic carbocycles. The summed E-state index contributed by atoms with van der Waals surface area (Å²) in [6.07, 6.45) is 8.18. The molecule has 2 aliphatic carbocycles. The van der Waals surface area contributed by atoms with Gasteiger partial charge in [-0.15, -0.1) is 0 Å². The summed E-state index contributed by atoms with van der Waals surface area (Å²) in [6.45, 7) is 0.800. The van der Waals surface area contributed by atoms with Crippen LogP contribution in [0.5, 0.6) is 0 Å². The molecule has 20 heavy (non-hydrogen) atoms. The summed E-state index contributed by atoms with van der Waals surface area (Å²) in [4.78, 5) is 25.7. The van der Waals surface area contributed by atoms with E-state index in [1.54, 1.807) is 4.90 Å². The van der Waals surface area contributed by atoms with E-state index in [2.05, 4.69) is 0 Å². The number of primary amides is 1. The first-order chi connectivity index (χ1) is 9.61. The second-order valence-corrected chi connectivity index (χ2v) is 6.32. The summed E-state index contributed by atoms with van der Waals surface area (Å²) in [5.74, 6) is 0.375. The van der Waals surface area contributed by atoms with Gasteiger partial charge in [-0.05, 0) is 51.0 Å². The molecule has 4 N–H and O–H groups in total. The maximum atomic E-state index is 12.7. The zero-order chi connectivity index (χ0) is 14.5. The van der Waals surface area contributed by atoms with Gasteiger partial charge in [-0.1, -0.05) is 12.8 Å².